The minimum atomic E-state index is -0.665. The fraction of sp³-hybridized carbons (Fsp3) is 0.333. The van der Waals surface area contributed by atoms with Crippen molar-refractivity contribution in [1.29, 1.82) is 0 Å². The van der Waals surface area contributed by atoms with Gasteiger partial charge < -0.3 is 23.2 Å². The third-order valence-electron chi connectivity index (χ3n) is 6.62. The summed E-state index contributed by atoms with van der Waals surface area (Å²) in [5, 5.41) is 0.456. The summed E-state index contributed by atoms with van der Waals surface area (Å²) in [5.74, 6) is 1.55. The number of furan rings is 1. The maximum Gasteiger partial charge on any atom is 0.291 e. The van der Waals surface area contributed by atoms with Gasteiger partial charge in [-0.25, -0.2) is 0 Å². The average molecular weight is 502 g/mol. The molecule has 0 spiro atoms. The number of carbonyl (C=O) groups excluding carboxylic acids is 1. The zero-order valence-electron chi connectivity index (χ0n) is 21.4. The number of hydrogen-bond donors (Lipinski definition) is 0. The standard InChI is InChI=1S/C30H31NO6/c1-4-6-7-14-36-24-13-11-20(17-25(24)34-5-2)27-26-28(32)22-16-19(3)10-12-23(22)37-29(26)30(33)31(27)18-21-9-8-15-35-21/h8-13,15-17,27H,4-7,14,18H2,1-3H3. The Morgan fingerprint density at radius 2 is 1.84 bits per heavy atom. The van der Waals surface area contributed by atoms with Gasteiger partial charge in [0.15, 0.2) is 16.9 Å². The molecular formula is C30H31NO6. The van der Waals surface area contributed by atoms with Crippen molar-refractivity contribution in [2.45, 2.75) is 52.6 Å². The van der Waals surface area contributed by atoms with Crippen molar-refractivity contribution >= 4 is 16.9 Å². The molecule has 1 aliphatic rings. The third-order valence-corrected chi connectivity index (χ3v) is 6.62. The third kappa shape index (κ3) is 4.73. The molecule has 1 amide bonds. The Morgan fingerprint density at radius 3 is 2.59 bits per heavy atom. The van der Waals surface area contributed by atoms with E-state index < -0.39 is 6.04 Å². The number of benzene rings is 2. The number of hydrogen-bond acceptors (Lipinski definition) is 6. The van der Waals surface area contributed by atoms with E-state index >= 15 is 0 Å². The van der Waals surface area contributed by atoms with Gasteiger partial charge in [-0.15, -0.1) is 0 Å². The first-order valence-electron chi connectivity index (χ1n) is 12.8. The maximum atomic E-state index is 13.8. The van der Waals surface area contributed by atoms with Gasteiger partial charge in [-0.1, -0.05) is 37.5 Å². The number of amides is 1. The number of carbonyl (C=O) groups is 1. The summed E-state index contributed by atoms with van der Waals surface area (Å²) in [5.41, 5.74) is 2.19. The minimum Gasteiger partial charge on any atom is -0.490 e. The van der Waals surface area contributed by atoms with Gasteiger partial charge in [-0.2, -0.15) is 0 Å². The van der Waals surface area contributed by atoms with Crippen LogP contribution in [0.4, 0.5) is 0 Å². The Hall–Kier alpha value is -4.00. The molecule has 0 saturated carbocycles. The number of rotatable bonds is 10. The monoisotopic (exact) mass is 501 g/mol. The van der Waals surface area contributed by atoms with Gasteiger partial charge in [0.1, 0.15) is 11.3 Å². The van der Waals surface area contributed by atoms with E-state index in [4.69, 9.17) is 18.3 Å². The molecule has 7 heteroatoms. The predicted molar refractivity (Wildman–Crippen MR) is 140 cm³/mol. The molecular weight excluding hydrogens is 470 g/mol. The molecule has 3 heterocycles. The van der Waals surface area contributed by atoms with Crippen molar-refractivity contribution in [3.63, 3.8) is 0 Å². The highest BCUT2D eigenvalue weighted by Crippen LogP contribution is 2.42. The Balaban J connectivity index is 1.62. The highest BCUT2D eigenvalue weighted by molar-refractivity contribution is 5.99. The Labute approximate surface area is 215 Å². The lowest BCUT2D eigenvalue weighted by atomic mass is 9.97. The molecule has 1 atom stereocenters. The molecule has 1 aliphatic heterocycles. The molecule has 4 aromatic rings. The first kappa shape index (κ1) is 24.7. The fourth-order valence-electron chi connectivity index (χ4n) is 4.83. The van der Waals surface area contributed by atoms with Crippen LogP contribution in [0.15, 0.2) is 68.4 Å². The highest BCUT2D eigenvalue weighted by atomic mass is 16.5. The zero-order valence-corrected chi connectivity index (χ0v) is 21.4. The Morgan fingerprint density at radius 1 is 0.973 bits per heavy atom. The van der Waals surface area contributed by atoms with Crippen LogP contribution in [0, 0.1) is 6.92 Å². The number of nitrogens with zero attached hydrogens (tertiary/aromatic N) is 1. The molecule has 0 N–H and O–H groups in total. The molecule has 5 rings (SSSR count). The van der Waals surface area contributed by atoms with Crippen molar-refractivity contribution in [3.05, 3.63) is 93.2 Å². The van der Waals surface area contributed by atoms with Crippen LogP contribution in [0.25, 0.3) is 11.0 Å². The number of aryl methyl sites for hydroxylation is 1. The summed E-state index contributed by atoms with van der Waals surface area (Å²) >= 11 is 0. The van der Waals surface area contributed by atoms with Crippen LogP contribution in [0.5, 0.6) is 11.5 Å². The van der Waals surface area contributed by atoms with Gasteiger partial charge in [0.25, 0.3) is 5.91 Å². The number of ether oxygens (including phenoxy) is 2. The normalized spacial score (nSPS) is 14.8. The van der Waals surface area contributed by atoms with Crippen LogP contribution in [0.2, 0.25) is 0 Å². The zero-order chi connectivity index (χ0) is 25.9. The van der Waals surface area contributed by atoms with Crippen LogP contribution in [0.3, 0.4) is 0 Å². The van der Waals surface area contributed by atoms with Gasteiger partial charge in [-0.05, 0) is 62.2 Å². The van der Waals surface area contributed by atoms with E-state index in [1.807, 2.05) is 38.1 Å². The Kier molecular flexibility index (Phi) is 7.04. The highest BCUT2D eigenvalue weighted by Gasteiger charge is 2.43. The molecule has 2 aromatic heterocycles. The second kappa shape index (κ2) is 10.5. The lowest BCUT2D eigenvalue weighted by Gasteiger charge is -2.25. The molecule has 7 nitrogen and oxygen atoms in total. The summed E-state index contributed by atoms with van der Waals surface area (Å²) < 4.78 is 23.5. The van der Waals surface area contributed by atoms with Crippen LogP contribution < -0.4 is 14.9 Å². The lowest BCUT2D eigenvalue weighted by Crippen LogP contribution is -2.29. The van der Waals surface area contributed by atoms with Gasteiger partial charge in [0.2, 0.25) is 5.76 Å². The smallest absolute Gasteiger partial charge is 0.291 e. The summed E-state index contributed by atoms with van der Waals surface area (Å²) in [6.45, 7) is 7.22. The van der Waals surface area contributed by atoms with Crippen molar-refractivity contribution < 1.29 is 23.1 Å². The Bertz CT molecular complexity index is 1470. The molecule has 0 fully saturated rings. The van der Waals surface area contributed by atoms with E-state index in [2.05, 4.69) is 6.92 Å². The van der Waals surface area contributed by atoms with Crippen LogP contribution in [-0.4, -0.2) is 24.0 Å². The van der Waals surface area contributed by atoms with Gasteiger partial charge in [0, 0.05) is 0 Å². The van der Waals surface area contributed by atoms with Crippen molar-refractivity contribution in [1.82, 2.24) is 4.90 Å². The van der Waals surface area contributed by atoms with E-state index in [1.54, 1.807) is 35.4 Å². The van der Waals surface area contributed by atoms with Crippen molar-refractivity contribution in [2.75, 3.05) is 13.2 Å². The van der Waals surface area contributed by atoms with E-state index in [1.165, 1.54) is 0 Å². The number of fused-ring (bicyclic) bond motifs is 2. The van der Waals surface area contributed by atoms with Gasteiger partial charge in [-0.3, -0.25) is 9.59 Å². The molecule has 0 bridgehead atoms. The summed E-state index contributed by atoms with van der Waals surface area (Å²) in [4.78, 5) is 29.1. The van der Waals surface area contributed by atoms with Crippen LogP contribution >= 0.6 is 0 Å². The van der Waals surface area contributed by atoms with E-state index in [0.717, 1.165) is 30.4 Å². The quantitative estimate of drug-likeness (QED) is 0.234. The summed E-state index contributed by atoms with van der Waals surface area (Å²) in [6.07, 6.45) is 4.72. The molecule has 2 aromatic carbocycles. The molecule has 0 aliphatic carbocycles. The SMILES string of the molecule is CCCCCOc1ccc(C2c3c(oc4ccc(C)cc4c3=O)C(=O)N2Cc2ccco2)cc1OCC. The number of unbranched alkanes of at least 4 members (excludes halogenated alkanes) is 2. The first-order valence-corrected chi connectivity index (χ1v) is 12.8. The van der Waals surface area contributed by atoms with E-state index in [9.17, 15) is 9.59 Å². The van der Waals surface area contributed by atoms with Gasteiger partial charge >= 0.3 is 0 Å². The second-order valence-corrected chi connectivity index (χ2v) is 9.28. The van der Waals surface area contributed by atoms with E-state index in [0.29, 0.717) is 47.0 Å². The fourth-order valence-corrected chi connectivity index (χ4v) is 4.83. The van der Waals surface area contributed by atoms with Crippen LogP contribution in [-0.2, 0) is 6.54 Å². The molecule has 37 heavy (non-hydrogen) atoms. The van der Waals surface area contributed by atoms with E-state index in [-0.39, 0.29) is 23.6 Å². The lowest BCUT2D eigenvalue weighted by molar-refractivity contribution is 0.0701. The minimum absolute atomic E-state index is 0.0655. The van der Waals surface area contributed by atoms with Crippen LogP contribution in [0.1, 0.15) is 72.2 Å². The van der Waals surface area contributed by atoms with Gasteiger partial charge in [0.05, 0.1) is 43.0 Å². The average Bonchev–Trinajstić information content (AvgIpc) is 3.50. The summed E-state index contributed by atoms with van der Waals surface area (Å²) in [7, 11) is 0. The van der Waals surface area contributed by atoms with Crippen molar-refractivity contribution in [2.24, 2.45) is 0 Å². The summed E-state index contributed by atoms with van der Waals surface area (Å²) in [6, 6.07) is 13.9. The molecule has 192 valence electrons. The second-order valence-electron chi connectivity index (χ2n) is 9.28. The topological polar surface area (TPSA) is 82.1 Å². The first-order chi connectivity index (χ1) is 18.0. The maximum absolute atomic E-state index is 13.8. The predicted octanol–water partition coefficient (Wildman–Crippen LogP) is 6.41. The molecule has 0 saturated heterocycles. The molecule has 1 unspecified atom stereocenters. The molecule has 0 radical (unpaired) electrons. The van der Waals surface area contributed by atoms with Crippen molar-refractivity contribution in [3.8, 4) is 11.5 Å². The largest absolute Gasteiger partial charge is 0.490 e.